The highest BCUT2D eigenvalue weighted by Crippen LogP contribution is 2.20. The normalized spacial score (nSPS) is 17.6. The Labute approximate surface area is 125 Å². The summed E-state index contributed by atoms with van der Waals surface area (Å²) in [6, 6.07) is 6.73. The Morgan fingerprint density at radius 3 is 2.65 bits per heavy atom. The highest BCUT2D eigenvalue weighted by molar-refractivity contribution is 9.10. The molecule has 0 aliphatic carbocycles. The number of benzene rings is 1. The van der Waals surface area contributed by atoms with E-state index in [0.29, 0.717) is 30.7 Å². The average molecular weight is 340 g/mol. The predicted octanol–water partition coefficient (Wildman–Crippen LogP) is 2.26. The van der Waals surface area contributed by atoms with Crippen molar-refractivity contribution in [2.24, 2.45) is 0 Å². The van der Waals surface area contributed by atoms with Crippen LogP contribution in [-0.2, 0) is 0 Å². The molecule has 1 heterocycles. The Morgan fingerprint density at radius 1 is 1.40 bits per heavy atom. The second-order valence-corrected chi connectivity index (χ2v) is 5.59. The molecule has 1 aliphatic rings. The Balaban J connectivity index is 2.06. The topological polar surface area (TPSA) is 47.3 Å². The van der Waals surface area contributed by atoms with Crippen LogP contribution in [0.1, 0.15) is 17.3 Å². The molecule has 1 amide bonds. The number of piperazine rings is 1. The van der Waals surface area contributed by atoms with Crippen LogP contribution in [0.3, 0.4) is 0 Å². The largest absolute Gasteiger partial charge is 0.336 e. The molecule has 0 bridgehead atoms. The summed E-state index contributed by atoms with van der Waals surface area (Å²) in [6.45, 7) is 4.13. The zero-order chi connectivity index (χ0) is 14.7. The Bertz CT molecular complexity index is 550. The number of nitriles is 1. The Hall–Kier alpha value is -1.45. The summed E-state index contributed by atoms with van der Waals surface area (Å²) >= 11 is 3.09. The molecule has 4 nitrogen and oxygen atoms in total. The van der Waals surface area contributed by atoms with Crippen molar-refractivity contribution >= 4 is 21.8 Å². The molecule has 0 saturated carbocycles. The van der Waals surface area contributed by atoms with E-state index in [0.717, 1.165) is 0 Å². The first-order valence-corrected chi connectivity index (χ1v) is 7.21. The van der Waals surface area contributed by atoms with E-state index in [1.54, 1.807) is 17.0 Å². The fraction of sp³-hybridized carbons (Fsp3) is 0.429. The van der Waals surface area contributed by atoms with Crippen molar-refractivity contribution in [3.63, 3.8) is 0 Å². The van der Waals surface area contributed by atoms with E-state index in [1.807, 2.05) is 11.8 Å². The molecule has 1 saturated heterocycles. The van der Waals surface area contributed by atoms with Gasteiger partial charge in [-0.25, -0.2) is 4.39 Å². The number of halogens is 2. The minimum Gasteiger partial charge on any atom is -0.336 e. The van der Waals surface area contributed by atoms with Gasteiger partial charge in [0.25, 0.3) is 5.91 Å². The Morgan fingerprint density at radius 2 is 2.05 bits per heavy atom. The molecule has 6 heteroatoms. The van der Waals surface area contributed by atoms with Crippen molar-refractivity contribution in [2.75, 3.05) is 26.2 Å². The van der Waals surface area contributed by atoms with Crippen LogP contribution in [0.2, 0.25) is 0 Å². The molecule has 1 unspecified atom stereocenters. The quantitative estimate of drug-likeness (QED) is 0.830. The maximum Gasteiger partial charge on any atom is 0.256 e. The lowest BCUT2D eigenvalue weighted by Gasteiger charge is -2.35. The molecular weight excluding hydrogens is 325 g/mol. The van der Waals surface area contributed by atoms with Crippen LogP contribution in [0.15, 0.2) is 22.7 Å². The summed E-state index contributed by atoms with van der Waals surface area (Å²) in [5.74, 6) is -0.821. The number of carbonyl (C=O) groups is 1. The van der Waals surface area contributed by atoms with Gasteiger partial charge in [0.05, 0.1) is 22.1 Å². The van der Waals surface area contributed by atoms with E-state index in [4.69, 9.17) is 5.26 Å². The average Bonchev–Trinajstić information content (AvgIpc) is 2.48. The number of hydrogen-bond donors (Lipinski definition) is 0. The van der Waals surface area contributed by atoms with Gasteiger partial charge in [-0.05, 0) is 35.0 Å². The lowest BCUT2D eigenvalue weighted by molar-refractivity contribution is 0.0611. The zero-order valence-electron chi connectivity index (χ0n) is 11.1. The van der Waals surface area contributed by atoms with Crippen LogP contribution in [0.5, 0.6) is 0 Å². The second kappa shape index (κ2) is 6.33. The molecular formula is C14H15BrFN3O. The molecule has 1 aromatic carbocycles. The monoisotopic (exact) mass is 339 g/mol. The standard InChI is InChI=1S/C14H15BrFN3O/c1-10(9-17)18-5-7-19(8-6-18)14(20)11-3-2-4-12(15)13(11)16/h2-4,10H,5-8H2,1H3. The van der Waals surface area contributed by atoms with Crippen LogP contribution in [0.25, 0.3) is 0 Å². The number of rotatable bonds is 2. The maximum absolute atomic E-state index is 13.9. The van der Waals surface area contributed by atoms with Crippen molar-refractivity contribution < 1.29 is 9.18 Å². The van der Waals surface area contributed by atoms with E-state index in [1.165, 1.54) is 6.07 Å². The predicted molar refractivity (Wildman–Crippen MR) is 76.7 cm³/mol. The third-order valence-corrected chi connectivity index (χ3v) is 4.13. The fourth-order valence-corrected chi connectivity index (χ4v) is 2.60. The summed E-state index contributed by atoms with van der Waals surface area (Å²) in [6.07, 6.45) is 0. The van der Waals surface area contributed by atoms with E-state index < -0.39 is 5.82 Å². The number of amides is 1. The van der Waals surface area contributed by atoms with Crippen molar-refractivity contribution in [2.45, 2.75) is 13.0 Å². The molecule has 0 N–H and O–H groups in total. The van der Waals surface area contributed by atoms with Crippen molar-refractivity contribution in [3.8, 4) is 6.07 Å². The van der Waals surface area contributed by atoms with Gasteiger partial charge in [-0.3, -0.25) is 9.69 Å². The Kier molecular flexibility index (Phi) is 4.73. The summed E-state index contributed by atoms with van der Waals surface area (Å²) in [5, 5.41) is 8.88. The van der Waals surface area contributed by atoms with E-state index in [9.17, 15) is 9.18 Å². The molecule has 1 aromatic rings. The van der Waals surface area contributed by atoms with Gasteiger partial charge >= 0.3 is 0 Å². The van der Waals surface area contributed by atoms with Gasteiger partial charge in [0.2, 0.25) is 0 Å². The molecule has 0 spiro atoms. The smallest absolute Gasteiger partial charge is 0.256 e. The number of hydrogen-bond acceptors (Lipinski definition) is 3. The number of carbonyl (C=O) groups excluding carboxylic acids is 1. The van der Waals surface area contributed by atoms with Gasteiger partial charge in [-0.2, -0.15) is 5.26 Å². The van der Waals surface area contributed by atoms with E-state index in [-0.39, 0.29) is 17.5 Å². The molecule has 2 rings (SSSR count). The second-order valence-electron chi connectivity index (χ2n) is 4.73. The molecule has 1 fully saturated rings. The first-order chi connectivity index (χ1) is 9.54. The molecule has 1 atom stereocenters. The third-order valence-electron chi connectivity index (χ3n) is 3.52. The lowest BCUT2D eigenvalue weighted by Crippen LogP contribution is -2.51. The third kappa shape index (κ3) is 3.00. The van der Waals surface area contributed by atoms with Gasteiger partial charge < -0.3 is 4.90 Å². The summed E-state index contributed by atoms with van der Waals surface area (Å²) in [5.41, 5.74) is 0.0844. The van der Waals surface area contributed by atoms with Crippen LogP contribution >= 0.6 is 15.9 Å². The minimum absolute atomic E-state index is 0.0844. The molecule has 0 aromatic heterocycles. The molecule has 106 valence electrons. The lowest BCUT2D eigenvalue weighted by atomic mass is 10.1. The van der Waals surface area contributed by atoms with Gasteiger partial charge in [0.15, 0.2) is 0 Å². The van der Waals surface area contributed by atoms with Crippen LogP contribution < -0.4 is 0 Å². The van der Waals surface area contributed by atoms with Crippen LogP contribution in [0.4, 0.5) is 4.39 Å². The summed E-state index contributed by atoms with van der Waals surface area (Å²) in [7, 11) is 0. The SMILES string of the molecule is CC(C#N)N1CCN(C(=O)c2cccc(Br)c2F)CC1. The highest BCUT2D eigenvalue weighted by atomic mass is 79.9. The van der Waals surface area contributed by atoms with Crippen molar-refractivity contribution in [1.29, 1.82) is 5.26 Å². The minimum atomic E-state index is -0.523. The summed E-state index contributed by atoms with van der Waals surface area (Å²) < 4.78 is 14.2. The van der Waals surface area contributed by atoms with E-state index >= 15 is 0 Å². The van der Waals surface area contributed by atoms with Crippen LogP contribution in [-0.4, -0.2) is 47.9 Å². The van der Waals surface area contributed by atoms with Crippen molar-refractivity contribution in [1.82, 2.24) is 9.80 Å². The number of nitrogens with zero attached hydrogens (tertiary/aromatic N) is 3. The van der Waals surface area contributed by atoms with Crippen LogP contribution in [0, 0.1) is 17.1 Å². The first kappa shape index (κ1) is 14.9. The first-order valence-electron chi connectivity index (χ1n) is 6.41. The van der Waals surface area contributed by atoms with Gasteiger partial charge in [-0.1, -0.05) is 6.07 Å². The summed E-state index contributed by atoms with van der Waals surface area (Å²) in [4.78, 5) is 15.9. The molecule has 1 aliphatic heterocycles. The maximum atomic E-state index is 13.9. The fourth-order valence-electron chi connectivity index (χ4n) is 2.23. The zero-order valence-corrected chi connectivity index (χ0v) is 12.7. The van der Waals surface area contributed by atoms with Gasteiger partial charge in [0.1, 0.15) is 5.82 Å². The van der Waals surface area contributed by atoms with Gasteiger partial charge in [-0.15, -0.1) is 0 Å². The van der Waals surface area contributed by atoms with E-state index in [2.05, 4.69) is 22.0 Å². The molecule has 0 radical (unpaired) electrons. The van der Waals surface area contributed by atoms with Gasteiger partial charge in [0, 0.05) is 26.2 Å². The molecule has 20 heavy (non-hydrogen) atoms. The highest BCUT2D eigenvalue weighted by Gasteiger charge is 2.26. The van der Waals surface area contributed by atoms with Crippen molar-refractivity contribution in [3.05, 3.63) is 34.1 Å².